The highest BCUT2D eigenvalue weighted by Gasteiger charge is 2.12. The average molecular weight is 289 g/mol. The topological polar surface area (TPSA) is 86.4 Å². The van der Waals surface area contributed by atoms with Gasteiger partial charge < -0.3 is 20.1 Å². The lowest BCUT2D eigenvalue weighted by Gasteiger charge is -2.18. The third-order valence-electron chi connectivity index (χ3n) is 2.80. The van der Waals surface area contributed by atoms with Crippen LogP contribution in [0.1, 0.15) is 13.3 Å². The Hall–Kier alpha value is -2.57. The van der Waals surface area contributed by atoms with Crippen LogP contribution in [0.25, 0.3) is 0 Å². The maximum absolute atomic E-state index is 5.71. The molecule has 2 N–H and O–H groups in total. The molecule has 0 radical (unpaired) electrons. The summed E-state index contributed by atoms with van der Waals surface area (Å²) in [6.45, 7) is 2.54. The van der Waals surface area contributed by atoms with Crippen LogP contribution >= 0.6 is 0 Å². The molecule has 112 valence electrons. The van der Waals surface area contributed by atoms with Gasteiger partial charge in [0.1, 0.15) is 5.75 Å². The van der Waals surface area contributed by atoms with Crippen LogP contribution in [-0.2, 0) is 0 Å². The number of methoxy groups -OCH3 is 1. The number of rotatable bonds is 6. The van der Waals surface area contributed by atoms with E-state index in [2.05, 4.69) is 15.0 Å². The SMILES string of the molecule is CCCOc1nc(N)nc(N(C)c2cccc(OC)c2)n1. The lowest BCUT2D eigenvalue weighted by molar-refractivity contribution is 0.292. The number of nitrogens with zero attached hydrogens (tertiary/aromatic N) is 4. The molecule has 0 aliphatic heterocycles. The molecule has 1 heterocycles. The Morgan fingerprint density at radius 1 is 1.24 bits per heavy atom. The Morgan fingerprint density at radius 2 is 2.05 bits per heavy atom. The Labute approximate surface area is 123 Å². The minimum absolute atomic E-state index is 0.126. The van der Waals surface area contributed by atoms with Crippen LogP contribution in [0, 0.1) is 0 Å². The number of ether oxygens (including phenoxy) is 2. The quantitative estimate of drug-likeness (QED) is 0.870. The summed E-state index contributed by atoms with van der Waals surface area (Å²) in [4.78, 5) is 14.2. The summed E-state index contributed by atoms with van der Waals surface area (Å²) in [6.07, 6.45) is 0.868. The number of aromatic nitrogens is 3. The van der Waals surface area contributed by atoms with E-state index in [4.69, 9.17) is 15.2 Å². The van der Waals surface area contributed by atoms with E-state index in [0.29, 0.717) is 12.6 Å². The van der Waals surface area contributed by atoms with Crippen molar-refractivity contribution < 1.29 is 9.47 Å². The van der Waals surface area contributed by atoms with Gasteiger partial charge in [-0.25, -0.2) is 0 Å². The fourth-order valence-electron chi connectivity index (χ4n) is 1.70. The zero-order valence-corrected chi connectivity index (χ0v) is 12.4. The molecule has 0 unspecified atom stereocenters. The van der Waals surface area contributed by atoms with E-state index < -0.39 is 0 Å². The molecule has 1 aromatic heterocycles. The third-order valence-corrected chi connectivity index (χ3v) is 2.80. The molecule has 0 saturated carbocycles. The molecule has 0 fully saturated rings. The normalized spacial score (nSPS) is 10.2. The van der Waals surface area contributed by atoms with Gasteiger partial charge in [0.2, 0.25) is 11.9 Å². The second-order valence-electron chi connectivity index (χ2n) is 4.39. The van der Waals surface area contributed by atoms with Crippen LogP contribution in [0.4, 0.5) is 17.6 Å². The summed E-state index contributed by atoms with van der Waals surface area (Å²) in [6, 6.07) is 7.80. The largest absolute Gasteiger partial charge is 0.497 e. The minimum Gasteiger partial charge on any atom is -0.497 e. The van der Waals surface area contributed by atoms with Gasteiger partial charge in [-0.3, -0.25) is 0 Å². The molecule has 0 aliphatic carbocycles. The van der Waals surface area contributed by atoms with Crippen molar-refractivity contribution in [2.24, 2.45) is 0 Å². The fraction of sp³-hybridized carbons (Fsp3) is 0.357. The van der Waals surface area contributed by atoms with E-state index in [-0.39, 0.29) is 12.0 Å². The van der Waals surface area contributed by atoms with Crippen molar-refractivity contribution >= 4 is 17.6 Å². The van der Waals surface area contributed by atoms with Gasteiger partial charge in [0, 0.05) is 18.8 Å². The smallest absolute Gasteiger partial charge is 0.323 e. The molecule has 21 heavy (non-hydrogen) atoms. The molecule has 0 atom stereocenters. The molecular formula is C14H19N5O2. The maximum atomic E-state index is 5.71. The first-order valence-corrected chi connectivity index (χ1v) is 6.66. The first-order chi connectivity index (χ1) is 10.1. The van der Waals surface area contributed by atoms with E-state index >= 15 is 0 Å². The van der Waals surface area contributed by atoms with Crippen molar-refractivity contribution in [1.82, 2.24) is 15.0 Å². The summed E-state index contributed by atoms with van der Waals surface area (Å²) >= 11 is 0. The lowest BCUT2D eigenvalue weighted by atomic mass is 10.3. The van der Waals surface area contributed by atoms with Crippen LogP contribution in [0.15, 0.2) is 24.3 Å². The van der Waals surface area contributed by atoms with E-state index in [1.807, 2.05) is 38.2 Å². The third kappa shape index (κ3) is 3.71. The predicted octanol–water partition coefficient (Wildman–Crippen LogP) is 2.02. The summed E-state index contributed by atoms with van der Waals surface area (Å²) < 4.78 is 10.6. The zero-order chi connectivity index (χ0) is 15.2. The van der Waals surface area contributed by atoms with E-state index in [1.54, 1.807) is 12.0 Å². The summed E-state index contributed by atoms with van der Waals surface area (Å²) in [5.74, 6) is 1.30. The van der Waals surface area contributed by atoms with Crippen molar-refractivity contribution in [1.29, 1.82) is 0 Å². The Morgan fingerprint density at radius 3 is 2.76 bits per heavy atom. The molecule has 1 aromatic carbocycles. The fourth-order valence-corrected chi connectivity index (χ4v) is 1.70. The second kappa shape index (κ2) is 6.74. The van der Waals surface area contributed by atoms with Crippen LogP contribution in [0.5, 0.6) is 11.8 Å². The molecular weight excluding hydrogens is 270 g/mol. The van der Waals surface area contributed by atoms with Gasteiger partial charge in [-0.1, -0.05) is 13.0 Å². The highest BCUT2D eigenvalue weighted by molar-refractivity contribution is 5.59. The Kier molecular flexibility index (Phi) is 4.76. The Bertz CT molecular complexity index is 606. The first-order valence-electron chi connectivity index (χ1n) is 6.66. The number of hydrogen-bond acceptors (Lipinski definition) is 7. The molecule has 7 heteroatoms. The number of nitrogens with two attached hydrogens (primary N) is 1. The number of anilines is 3. The van der Waals surface area contributed by atoms with E-state index in [0.717, 1.165) is 17.9 Å². The molecule has 0 spiro atoms. The predicted molar refractivity (Wildman–Crippen MR) is 81.1 cm³/mol. The van der Waals surface area contributed by atoms with Gasteiger partial charge in [-0.2, -0.15) is 15.0 Å². The highest BCUT2D eigenvalue weighted by Crippen LogP contribution is 2.25. The van der Waals surface area contributed by atoms with Crippen molar-refractivity contribution in [3.63, 3.8) is 0 Å². The van der Waals surface area contributed by atoms with Crippen molar-refractivity contribution in [2.45, 2.75) is 13.3 Å². The van der Waals surface area contributed by atoms with E-state index in [9.17, 15) is 0 Å². The minimum atomic E-state index is 0.126. The molecule has 7 nitrogen and oxygen atoms in total. The lowest BCUT2D eigenvalue weighted by Crippen LogP contribution is -2.16. The monoisotopic (exact) mass is 289 g/mol. The highest BCUT2D eigenvalue weighted by atomic mass is 16.5. The van der Waals surface area contributed by atoms with Crippen LogP contribution in [-0.4, -0.2) is 35.7 Å². The summed E-state index contributed by atoms with van der Waals surface area (Å²) in [5, 5.41) is 0. The summed E-state index contributed by atoms with van der Waals surface area (Å²) in [7, 11) is 3.46. The van der Waals surface area contributed by atoms with Crippen LogP contribution in [0.3, 0.4) is 0 Å². The maximum Gasteiger partial charge on any atom is 0.323 e. The van der Waals surface area contributed by atoms with Gasteiger partial charge in [-0.15, -0.1) is 0 Å². The van der Waals surface area contributed by atoms with Crippen LogP contribution in [0.2, 0.25) is 0 Å². The molecule has 0 aliphatic rings. The molecule has 0 amide bonds. The van der Waals surface area contributed by atoms with Gasteiger partial charge in [0.25, 0.3) is 0 Å². The Balaban J connectivity index is 2.28. The molecule has 0 saturated heterocycles. The second-order valence-corrected chi connectivity index (χ2v) is 4.39. The van der Waals surface area contributed by atoms with Gasteiger partial charge in [-0.05, 0) is 18.6 Å². The van der Waals surface area contributed by atoms with Crippen LogP contribution < -0.4 is 20.1 Å². The number of nitrogen functional groups attached to an aromatic ring is 1. The molecule has 2 rings (SSSR count). The number of hydrogen-bond donors (Lipinski definition) is 1. The zero-order valence-electron chi connectivity index (χ0n) is 12.4. The average Bonchev–Trinajstić information content (AvgIpc) is 2.51. The molecule has 2 aromatic rings. The summed E-state index contributed by atoms with van der Waals surface area (Å²) in [5.41, 5.74) is 6.59. The van der Waals surface area contributed by atoms with E-state index in [1.165, 1.54) is 0 Å². The first kappa shape index (κ1) is 14.8. The van der Waals surface area contributed by atoms with Gasteiger partial charge in [0.05, 0.1) is 13.7 Å². The van der Waals surface area contributed by atoms with Crippen molar-refractivity contribution in [3.05, 3.63) is 24.3 Å². The van der Waals surface area contributed by atoms with Gasteiger partial charge >= 0.3 is 6.01 Å². The van der Waals surface area contributed by atoms with Gasteiger partial charge in [0.15, 0.2) is 0 Å². The van der Waals surface area contributed by atoms with Crippen molar-refractivity contribution in [3.8, 4) is 11.8 Å². The van der Waals surface area contributed by atoms with Crippen molar-refractivity contribution in [2.75, 3.05) is 31.4 Å². The standard InChI is InChI=1S/C14H19N5O2/c1-4-8-21-14-17-12(15)16-13(18-14)19(2)10-6-5-7-11(9-10)20-3/h5-7,9H,4,8H2,1-3H3,(H2,15,16,17,18). The number of benzene rings is 1. The molecule has 0 bridgehead atoms.